The van der Waals surface area contributed by atoms with E-state index in [9.17, 15) is 14.4 Å². The van der Waals surface area contributed by atoms with Crippen LogP contribution < -0.4 is 10.6 Å². The number of carbonyl (C=O) groups excluding carboxylic acids is 3. The summed E-state index contributed by atoms with van der Waals surface area (Å²) in [5.74, 6) is -0.682. The number of nitrogens with zero attached hydrogens (tertiary/aromatic N) is 2. The molecule has 0 bridgehead atoms. The van der Waals surface area contributed by atoms with E-state index >= 15 is 0 Å². The van der Waals surface area contributed by atoms with Crippen molar-refractivity contribution in [3.63, 3.8) is 0 Å². The first kappa shape index (κ1) is 24.1. The van der Waals surface area contributed by atoms with Crippen LogP contribution in [-0.4, -0.2) is 34.2 Å². The Bertz CT molecular complexity index is 1170. The third-order valence-electron chi connectivity index (χ3n) is 5.08. The van der Waals surface area contributed by atoms with Crippen LogP contribution in [0.2, 0.25) is 0 Å². The molecule has 0 saturated carbocycles. The molecule has 0 radical (unpaired) electrons. The molecule has 172 valence electrons. The fourth-order valence-electron chi connectivity index (χ4n) is 3.19. The molecule has 1 aromatic carbocycles. The quantitative estimate of drug-likeness (QED) is 0.356. The third-order valence-corrected chi connectivity index (χ3v) is 5.83. The fraction of sp³-hybridized carbons (Fsp3) is 0.280. The summed E-state index contributed by atoms with van der Waals surface area (Å²) in [6, 6.07) is 7.36. The summed E-state index contributed by atoms with van der Waals surface area (Å²) in [7, 11) is 0. The predicted octanol–water partition coefficient (Wildman–Crippen LogP) is 4.67. The van der Waals surface area contributed by atoms with E-state index < -0.39 is 0 Å². The van der Waals surface area contributed by atoms with Gasteiger partial charge in [0, 0.05) is 34.4 Å². The number of benzene rings is 1. The van der Waals surface area contributed by atoms with Gasteiger partial charge in [0.1, 0.15) is 6.29 Å². The van der Waals surface area contributed by atoms with E-state index in [0.29, 0.717) is 22.0 Å². The molecule has 8 heteroatoms. The van der Waals surface area contributed by atoms with Crippen molar-refractivity contribution < 1.29 is 14.4 Å². The molecule has 7 nitrogen and oxygen atoms in total. The number of thiazole rings is 1. The first-order valence-electron chi connectivity index (χ1n) is 10.6. The van der Waals surface area contributed by atoms with Crippen molar-refractivity contribution >= 4 is 34.6 Å². The number of hydrogen-bond donors (Lipinski definition) is 2. The Hall–Kier alpha value is -3.52. The maximum absolute atomic E-state index is 12.3. The molecule has 2 heterocycles. The minimum Gasteiger partial charge on any atom is -0.348 e. The lowest BCUT2D eigenvalue weighted by Gasteiger charge is -2.20. The van der Waals surface area contributed by atoms with Gasteiger partial charge in [-0.1, -0.05) is 18.2 Å². The van der Waals surface area contributed by atoms with E-state index in [1.807, 2.05) is 55.1 Å². The van der Waals surface area contributed by atoms with E-state index in [1.165, 1.54) is 11.3 Å². The van der Waals surface area contributed by atoms with Crippen LogP contribution in [0.1, 0.15) is 53.5 Å². The molecule has 0 fully saturated rings. The molecule has 2 amide bonds. The Kier molecular flexibility index (Phi) is 7.60. The number of hydrogen-bond acceptors (Lipinski definition) is 5. The van der Waals surface area contributed by atoms with Gasteiger partial charge in [0.05, 0.1) is 17.8 Å². The highest BCUT2D eigenvalue weighted by molar-refractivity contribution is 7.14. The SMILES string of the molecule is C=CCCc1ccc(-c2csc(NC(=O)CNC(=O)c3ccn(C(C)(C)C)c3)n2)cc1C=O. The molecule has 0 spiro atoms. The monoisotopic (exact) mass is 464 g/mol. The minimum atomic E-state index is -0.368. The predicted molar refractivity (Wildman–Crippen MR) is 132 cm³/mol. The van der Waals surface area contributed by atoms with Gasteiger partial charge < -0.3 is 15.2 Å². The molecule has 0 saturated heterocycles. The Morgan fingerprint density at radius 1 is 1.24 bits per heavy atom. The number of anilines is 1. The molecule has 2 aromatic heterocycles. The van der Waals surface area contributed by atoms with Crippen LogP contribution in [-0.2, 0) is 16.8 Å². The molecule has 0 aliphatic rings. The number of carbonyl (C=O) groups is 3. The molecule has 0 aliphatic heterocycles. The van der Waals surface area contributed by atoms with Gasteiger partial charge in [0.25, 0.3) is 5.91 Å². The van der Waals surface area contributed by atoms with E-state index in [1.54, 1.807) is 18.3 Å². The van der Waals surface area contributed by atoms with Crippen molar-refractivity contribution in [3.05, 3.63) is 71.4 Å². The van der Waals surface area contributed by atoms with Crippen LogP contribution in [0, 0.1) is 0 Å². The highest BCUT2D eigenvalue weighted by Crippen LogP contribution is 2.27. The first-order chi connectivity index (χ1) is 15.7. The van der Waals surface area contributed by atoms with E-state index in [2.05, 4.69) is 22.2 Å². The molecule has 33 heavy (non-hydrogen) atoms. The molecular formula is C25H28N4O3S. The van der Waals surface area contributed by atoms with E-state index in [4.69, 9.17) is 0 Å². The number of amides is 2. The number of aldehydes is 1. The molecule has 0 unspecified atom stereocenters. The highest BCUT2D eigenvalue weighted by atomic mass is 32.1. The Labute approximate surface area is 197 Å². The van der Waals surface area contributed by atoms with Crippen molar-refractivity contribution in [2.45, 2.75) is 39.2 Å². The van der Waals surface area contributed by atoms with Gasteiger partial charge in [-0.25, -0.2) is 4.98 Å². The Balaban J connectivity index is 1.58. The van der Waals surface area contributed by atoms with Crippen LogP contribution >= 0.6 is 11.3 Å². The van der Waals surface area contributed by atoms with Gasteiger partial charge in [0.15, 0.2) is 5.13 Å². The van der Waals surface area contributed by atoms with Gasteiger partial charge in [-0.05, 0) is 51.3 Å². The molecule has 3 aromatic rings. The minimum absolute atomic E-state index is 0.128. The van der Waals surface area contributed by atoms with Crippen molar-refractivity contribution in [1.82, 2.24) is 14.9 Å². The number of allylic oxidation sites excluding steroid dienone is 1. The Morgan fingerprint density at radius 2 is 2.03 bits per heavy atom. The number of aryl methyl sites for hydroxylation is 1. The summed E-state index contributed by atoms with van der Waals surface area (Å²) in [6.07, 6.45) is 7.82. The van der Waals surface area contributed by atoms with Crippen molar-refractivity contribution in [3.8, 4) is 11.3 Å². The molecular weight excluding hydrogens is 436 g/mol. The van der Waals surface area contributed by atoms with Crippen molar-refractivity contribution in [2.75, 3.05) is 11.9 Å². The summed E-state index contributed by atoms with van der Waals surface area (Å²) in [5, 5.41) is 7.57. The average molecular weight is 465 g/mol. The maximum atomic E-state index is 12.3. The molecule has 3 rings (SSSR count). The highest BCUT2D eigenvalue weighted by Gasteiger charge is 2.16. The van der Waals surface area contributed by atoms with Gasteiger partial charge >= 0.3 is 0 Å². The van der Waals surface area contributed by atoms with Crippen LogP contribution in [0.4, 0.5) is 5.13 Å². The summed E-state index contributed by atoms with van der Waals surface area (Å²) in [5.41, 5.74) is 3.42. The second-order valence-corrected chi connectivity index (χ2v) is 9.46. The summed E-state index contributed by atoms with van der Waals surface area (Å²) >= 11 is 1.28. The van der Waals surface area contributed by atoms with Gasteiger partial charge in [-0.3, -0.25) is 14.4 Å². The zero-order valence-electron chi connectivity index (χ0n) is 19.1. The fourth-order valence-corrected chi connectivity index (χ4v) is 3.92. The van der Waals surface area contributed by atoms with E-state index in [0.717, 1.165) is 30.3 Å². The molecule has 0 atom stereocenters. The van der Waals surface area contributed by atoms with Crippen molar-refractivity contribution in [1.29, 1.82) is 0 Å². The summed E-state index contributed by atoms with van der Waals surface area (Å²) in [6.45, 7) is 9.68. The second kappa shape index (κ2) is 10.4. The van der Waals surface area contributed by atoms with Gasteiger partial charge in [-0.2, -0.15) is 0 Å². The van der Waals surface area contributed by atoms with Gasteiger partial charge in [-0.15, -0.1) is 17.9 Å². The summed E-state index contributed by atoms with van der Waals surface area (Å²) < 4.78 is 1.95. The standard InChI is InChI=1S/C25H28N4O3S/c1-5-6-7-17-8-9-18(12-20(17)15-30)21-16-33-24(27-21)28-22(31)13-26-23(32)19-10-11-29(14-19)25(2,3)4/h5,8-12,14-16H,1,6-7,13H2,2-4H3,(H,26,32)(H,27,28,31). The first-order valence-corrected chi connectivity index (χ1v) is 11.5. The van der Waals surface area contributed by atoms with Crippen LogP contribution in [0.5, 0.6) is 0 Å². The van der Waals surface area contributed by atoms with Crippen molar-refractivity contribution in [2.24, 2.45) is 0 Å². The third kappa shape index (κ3) is 6.26. The topological polar surface area (TPSA) is 93.1 Å². The zero-order chi connectivity index (χ0) is 24.0. The van der Waals surface area contributed by atoms with E-state index in [-0.39, 0.29) is 23.9 Å². The lowest BCUT2D eigenvalue weighted by molar-refractivity contribution is -0.115. The van der Waals surface area contributed by atoms with Crippen LogP contribution in [0.3, 0.4) is 0 Å². The second-order valence-electron chi connectivity index (χ2n) is 8.61. The smallest absolute Gasteiger partial charge is 0.253 e. The van der Waals surface area contributed by atoms with Crippen LogP contribution in [0.25, 0.3) is 11.3 Å². The molecule has 2 N–H and O–H groups in total. The number of nitrogens with one attached hydrogen (secondary N) is 2. The number of rotatable bonds is 9. The average Bonchev–Trinajstić information content (AvgIpc) is 3.46. The van der Waals surface area contributed by atoms with Crippen LogP contribution in [0.15, 0.2) is 54.7 Å². The molecule has 0 aliphatic carbocycles. The lowest BCUT2D eigenvalue weighted by Crippen LogP contribution is -2.32. The number of aromatic nitrogens is 2. The largest absolute Gasteiger partial charge is 0.348 e. The summed E-state index contributed by atoms with van der Waals surface area (Å²) in [4.78, 5) is 40.5. The van der Waals surface area contributed by atoms with Gasteiger partial charge in [0.2, 0.25) is 5.91 Å². The Morgan fingerprint density at radius 3 is 2.70 bits per heavy atom. The zero-order valence-corrected chi connectivity index (χ0v) is 19.9. The normalized spacial score (nSPS) is 11.1. The maximum Gasteiger partial charge on any atom is 0.253 e. The lowest BCUT2D eigenvalue weighted by atomic mass is 10.00.